The third-order valence-corrected chi connectivity index (χ3v) is 7.92. The fraction of sp³-hybridized carbons (Fsp3) is 0.517. The van der Waals surface area contributed by atoms with E-state index in [1.54, 1.807) is 42.7 Å². The van der Waals surface area contributed by atoms with Crippen LogP contribution in [0.4, 0.5) is 0 Å². The molecule has 0 spiro atoms. The molecule has 0 amide bonds. The lowest BCUT2D eigenvalue weighted by Crippen LogP contribution is -2.31. The van der Waals surface area contributed by atoms with Gasteiger partial charge in [-0.2, -0.15) is 0 Å². The minimum Gasteiger partial charge on any atom is -0.493 e. The Hall–Kier alpha value is -3.90. The van der Waals surface area contributed by atoms with E-state index in [2.05, 4.69) is 18.9 Å². The zero-order chi connectivity index (χ0) is 29.3. The lowest BCUT2D eigenvalue weighted by molar-refractivity contribution is 0.238. The number of hydrogen-bond donors (Lipinski definition) is 0. The van der Waals surface area contributed by atoms with Crippen molar-refractivity contribution in [1.82, 2.24) is 28.9 Å². The summed E-state index contributed by atoms with van der Waals surface area (Å²) in [5, 5.41) is 0. The van der Waals surface area contributed by atoms with Crippen LogP contribution in [0, 0.1) is 0 Å². The number of fused-ring (bicyclic) bond motifs is 2. The fourth-order valence-electron chi connectivity index (χ4n) is 5.78. The van der Waals surface area contributed by atoms with Crippen LogP contribution in [0.1, 0.15) is 18.1 Å². The van der Waals surface area contributed by atoms with E-state index in [4.69, 9.17) is 38.4 Å². The van der Waals surface area contributed by atoms with Crippen LogP contribution in [-0.4, -0.2) is 97.7 Å². The summed E-state index contributed by atoms with van der Waals surface area (Å²) in [6.07, 6.45) is 1.05. The van der Waals surface area contributed by atoms with E-state index in [9.17, 15) is 0 Å². The molecule has 222 valence electrons. The van der Waals surface area contributed by atoms with E-state index in [0.29, 0.717) is 34.5 Å². The Labute approximate surface area is 240 Å². The molecule has 1 aliphatic heterocycles. The highest BCUT2D eigenvalue weighted by Gasteiger charge is 2.25. The molecule has 0 aliphatic carbocycles. The lowest BCUT2D eigenvalue weighted by atomic mass is 10.2. The summed E-state index contributed by atoms with van der Waals surface area (Å²) in [5.41, 5.74) is 3.42. The average molecular weight is 569 g/mol. The highest BCUT2D eigenvalue weighted by atomic mass is 16.5. The second kappa shape index (κ2) is 11.9. The summed E-state index contributed by atoms with van der Waals surface area (Å²) in [7, 11) is 13.8. The third-order valence-electron chi connectivity index (χ3n) is 7.92. The van der Waals surface area contributed by atoms with Crippen LogP contribution in [0.3, 0.4) is 0 Å². The molecule has 2 aromatic heterocycles. The van der Waals surface area contributed by atoms with Crippen LogP contribution in [0.15, 0.2) is 12.1 Å². The predicted octanol–water partition coefficient (Wildman–Crippen LogP) is 3.22. The van der Waals surface area contributed by atoms with Gasteiger partial charge in [0, 0.05) is 39.3 Å². The van der Waals surface area contributed by atoms with E-state index in [1.807, 2.05) is 26.2 Å². The van der Waals surface area contributed by atoms with Gasteiger partial charge in [-0.15, -0.1) is 0 Å². The normalized spacial score (nSPS) is 14.8. The molecular formula is C29H40N6O6. The van der Waals surface area contributed by atoms with Crippen molar-refractivity contribution >= 4 is 22.1 Å². The molecule has 0 saturated carbocycles. The van der Waals surface area contributed by atoms with E-state index >= 15 is 0 Å². The molecule has 41 heavy (non-hydrogen) atoms. The number of hydrogen-bond acceptors (Lipinski definition) is 10. The summed E-state index contributed by atoms with van der Waals surface area (Å²) in [6, 6.07) is 3.81. The topological polar surface area (TPSA) is 97.5 Å². The van der Waals surface area contributed by atoms with E-state index in [0.717, 1.165) is 79.4 Å². The predicted molar refractivity (Wildman–Crippen MR) is 156 cm³/mol. The Morgan fingerprint density at radius 2 is 0.951 bits per heavy atom. The molecule has 0 N–H and O–H groups in total. The van der Waals surface area contributed by atoms with Crippen molar-refractivity contribution in [1.29, 1.82) is 0 Å². The van der Waals surface area contributed by atoms with Crippen molar-refractivity contribution in [2.75, 3.05) is 68.8 Å². The highest BCUT2D eigenvalue weighted by Crippen LogP contribution is 2.44. The number of ether oxygens (including phenoxy) is 6. The number of nitrogens with zero attached hydrogens (tertiary/aromatic N) is 6. The molecule has 1 aliphatic rings. The van der Waals surface area contributed by atoms with Crippen LogP contribution in [0.5, 0.6) is 34.5 Å². The maximum absolute atomic E-state index is 5.72. The average Bonchev–Trinajstić information content (AvgIpc) is 3.35. The molecule has 12 nitrogen and oxygen atoms in total. The van der Waals surface area contributed by atoms with Crippen molar-refractivity contribution in [2.24, 2.45) is 14.1 Å². The van der Waals surface area contributed by atoms with E-state index in [1.165, 1.54) is 0 Å². The van der Waals surface area contributed by atoms with Crippen LogP contribution in [0.2, 0.25) is 0 Å². The van der Waals surface area contributed by atoms with Crippen molar-refractivity contribution in [3.63, 3.8) is 0 Å². The zero-order valence-electron chi connectivity index (χ0n) is 25.2. The molecule has 5 rings (SSSR count). The molecule has 4 aromatic rings. The molecule has 0 unspecified atom stereocenters. The van der Waals surface area contributed by atoms with E-state index < -0.39 is 0 Å². The molecule has 1 saturated heterocycles. The maximum atomic E-state index is 5.72. The summed E-state index contributed by atoms with van der Waals surface area (Å²) in [4.78, 5) is 14.8. The van der Waals surface area contributed by atoms with Gasteiger partial charge in [-0.25, -0.2) is 9.97 Å². The van der Waals surface area contributed by atoms with Crippen molar-refractivity contribution in [2.45, 2.75) is 19.5 Å². The highest BCUT2D eigenvalue weighted by molar-refractivity contribution is 5.89. The van der Waals surface area contributed by atoms with Crippen LogP contribution in [-0.2, 0) is 27.2 Å². The Morgan fingerprint density at radius 3 is 1.29 bits per heavy atom. The minimum absolute atomic E-state index is 0.568. The molecule has 0 radical (unpaired) electrons. The number of benzene rings is 2. The summed E-state index contributed by atoms with van der Waals surface area (Å²) in [6.45, 7) is 5.26. The van der Waals surface area contributed by atoms with Gasteiger partial charge in [0.15, 0.2) is 23.0 Å². The molecular weight excluding hydrogens is 528 g/mol. The fourth-order valence-corrected chi connectivity index (χ4v) is 5.78. The van der Waals surface area contributed by atoms with Gasteiger partial charge in [-0.3, -0.25) is 9.80 Å². The third kappa shape index (κ3) is 5.06. The number of methoxy groups -OCH3 is 6. The number of aromatic nitrogens is 4. The van der Waals surface area contributed by atoms with Crippen LogP contribution in [0.25, 0.3) is 22.1 Å². The Balaban J connectivity index is 1.34. The SMILES string of the molecule is COc1cc2nc(CN3CCCN(Cc4nc5cc(OC)c(OC)c(OC)c5n4C)CC3)n(C)c2c(OC)c1OC. The zero-order valence-corrected chi connectivity index (χ0v) is 25.2. The smallest absolute Gasteiger partial charge is 0.205 e. The first-order chi connectivity index (χ1) is 19.9. The number of aryl methyl sites for hydroxylation is 2. The monoisotopic (exact) mass is 568 g/mol. The van der Waals surface area contributed by atoms with Gasteiger partial charge < -0.3 is 37.6 Å². The Bertz CT molecular complexity index is 1430. The summed E-state index contributed by atoms with van der Waals surface area (Å²) >= 11 is 0. The lowest BCUT2D eigenvalue weighted by Gasteiger charge is -2.21. The maximum Gasteiger partial charge on any atom is 0.205 e. The molecule has 1 fully saturated rings. The minimum atomic E-state index is 0.568. The molecule has 0 atom stereocenters. The first-order valence-corrected chi connectivity index (χ1v) is 13.6. The van der Waals surface area contributed by atoms with Gasteiger partial charge >= 0.3 is 0 Å². The van der Waals surface area contributed by atoms with Crippen LogP contribution >= 0.6 is 0 Å². The van der Waals surface area contributed by atoms with Crippen molar-refractivity contribution < 1.29 is 28.4 Å². The molecule has 0 bridgehead atoms. The van der Waals surface area contributed by atoms with Gasteiger partial charge in [0.25, 0.3) is 0 Å². The van der Waals surface area contributed by atoms with Gasteiger partial charge in [0.2, 0.25) is 11.5 Å². The largest absolute Gasteiger partial charge is 0.493 e. The van der Waals surface area contributed by atoms with Crippen LogP contribution < -0.4 is 28.4 Å². The molecule has 3 heterocycles. The standard InChI is InChI=1S/C29H40N6O6/c1-32-22(30-18-14-20(36-3)26(38-5)28(40-7)24(18)32)16-34-10-9-11-35(13-12-34)17-23-31-19-15-21(37-4)27(39-6)29(41-8)25(19)33(23)2/h14-15H,9-13,16-17H2,1-8H3. The second-order valence-corrected chi connectivity index (χ2v) is 10.1. The van der Waals surface area contributed by atoms with Crippen molar-refractivity contribution in [3.8, 4) is 34.5 Å². The molecule has 2 aromatic carbocycles. The molecule has 12 heteroatoms. The Morgan fingerprint density at radius 1 is 0.561 bits per heavy atom. The first kappa shape index (κ1) is 28.6. The second-order valence-electron chi connectivity index (χ2n) is 10.1. The van der Waals surface area contributed by atoms with Crippen molar-refractivity contribution in [3.05, 3.63) is 23.8 Å². The quantitative estimate of drug-likeness (QED) is 0.284. The number of imidazole rings is 2. The Kier molecular flexibility index (Phi) is 8.32. The first-order valence-electron chi connectivity index (χ1n) is 13.6. The summed E-state index contributed by atoms with van der Waals surface area (Å²) < 4.78 is 37.9. The van der Waals surface area contributed by atoms with Gasteiger partial charge in [-0.1, -0.05) is 0 Å². The van der Waals surface area contributed by atoms with E-state index in [-0.39, 0.29) is 0 Å². The van der Waals surface area contributed by atoms with Gasteiger partial charge in [0.1, 0.15) is 22.7 Å². The summed E-state index contributed by atoms with van der Waals surface area (Å²) in [5.74, 6) is 5.52. The number of rotatable bonds is 10. The van der Waals surface area contributed by atoms with Gasteiger partial charge in [0.05, 0.1) is 66.8 Å². The van der Waals surface area contributed by atoms with Gasteiger partial charge in [-0.05, 0) is 19.5 Å².